The maximum absolute atomic E-state index is 12.5. The summed E-state index contributed by atoms with van der Waals surface area (Å²) in [5, 5.41) is 1.02. The summed E-state index contributed by atoms with van der Waals surface area (Å²) < 4.78 is 4.43. The Morgan fingerprint density at radius 1 is 1.33 bits per heavy atom. The summed E-state index contributed by atoms with van der Waals surface area (Å²) in [4.78, 5) is 38.8. The first-order chi connectivity index (χ1) is 10.0. The molecule has 5 heteroatoms. The molecule has 0 aliphatic heterocycles. The number of hydrogen-bond donors (Lipinski definition) is 1. The summed E-state index contributed by atoms with van der Waals surface area (Å²) >= 11 is 0. The van der Waals surface area contributed by atoms with E-state index in [0.29, 0.717) is 18.5 Å². The highest BCUT2D eigenvalue weighted by atomic mass is 16.5. The SMILES string of the molecule is COC(=O)C(=O)C1CCc2c([nH]c3ccc(C)cc23)C1=O. The Balaban J connectivity index is 2.05. The number of esters is 1. The number of Topliss-reactive ketones (excluding diaryl/α,β-unsaturated/α-hetero) is 2. The Morgan fingerprint density at radius 2 is 2.10 bits per heavy atom. The first kappa shape index (κ1) is 13.5. The zero-order valence-corrected chi connectivity index (χ0v) is 11.9. The number of aromatic nitrogens is 1. The third-order valence-corrected chi connectivity index (χ3v) is 4.01. The predicted octanol–water partition coefficient (Wildman–Crippen LogP) is 1.96. The smallest absolute Gasteiger partial charge is 0.375 e. The summed E-state index contributed by atoms with van der Waals surface area (Å²) in [7, 11) is 1.14. The fourth-order valence-electron chi connectivity index (χ4n) is 2.92. The van der Waals surface area contributed by atoms with Crippen LogP contribution in [0.5, 0.6) is 0 Å². The molecular formula is C16H15NO4. The van der Waals surface area contributed by atoms with Gasteiger partial charge in [-0.25, -0.2) is 4.79 Å². The van der Waals surface area contributed by atoms with Crippen LogP contribution >= 0.6 is 0 Å². The van der Waals surface area contributed by atoms with Crippen LogP contribution in [0, 0.1) is 12.8 Å². The molecule has 1 aromatic carbocycles. The van der Waals surface area contributed by atoms with Crippen molar-refractivity contribution in [2.45, 2.75) is 19.8 Å². The minimum atomic E-state index is -0.955. The largest absolute Gasteiger partial charge is 0.463 e. The number of rotatable bonds is 2. The first-order valence-electron chi connectivity index (χ1n) is 6.80. The van der Waals surface area contributed by atoms with E-state index in [2.05, 4.69) is 9.72 Å². The van der Waals surface area contributed by atoms with E-state index in [1.807, 2.05) is 25.1 Å². The van der Waals surface area contributed by atoms with Crippen LogP contribution in [-0.2, 0) is 20.7 Å². The molecule has 0 saturated heterocycles. The summed E-state index contributed by atoms with van der Waals surface area (Å²) in [5.74, 6) is -2.97. The molecule has 0 fully saturated rings. The molecule has 108 valence electrons. The molecule has 0 bridgehead atoms. The lowest BCUT2D eigenvalue weighted by Crippen LogP contribution is -2.34. The maximum atomic E-state index is 12.5. The van der Waals surface area contributed by atoms with Gasteiger partial charge in [-0.1, -0.05) is 11.6 Å². The average molecular weight is 285 g/mol. The summed E-state index contributed by atoms with van der Waals surface area (Å²) in [6, 6.07) is 5.92. The van der Waals surface area contributed by atoms with Crippen molar-refractivity contribution in [2.24, 2.45) is 5.92 Å². The summed E-state index contributed by atoms with van der Waals surface area (Å²) in [6.07, 6.45) is 0.943. The second-order valence-corrected chi connectivity index (χ2v) is 5.34. The van der Waals surface area contributed by atoms with Gasteiger partial charge in [-0.05, 0) is 37.5 Å². The highest BCUT2D eigenvalue weighted by molar-refractivity contribution is 6.39. The molecule has 1 aliphatic carbocycles. The zero-order valence-electron chi connectivity index (χ0n) is 11.9. The van der Waals surface area contributed by atoms with Crippen LogP contribution in [0.2, 0.25) is 0 Å². The molecule has 0 radical (unpaired) electrons. The van der Waals surface area contributed by atoms with Gasteiger partial charge >= 0.3 is 5.97 Å². The number of aryl methyl sites for hydroxylation is 2. The molecular weight excluding hydrogens is 270 g/mol. The van der Waals surface area contributed by atoms with Crippen molar-refractivity contribution in [3.63, 3.8) is 0 Å². The van der Waals surface area contributed by atoms with Crippen molar-refractivity contribution in [1.29, 1.82) is 0 Å². The lowest BCUT2D eigenvalue weighted by atomic mass is 9.83. The standard InChI is InChI=1S/C16H15NO4/c1-8-3-6-12-11(7-8)9-4-5-10(14(18)13(9)17-12)15(19)16(20)21-2/h3,6-7,10,17H,4-5H2,1-2H3. The predicted molar refractivity (Wildman–Crippen MR) is 76.2 cm³/mol. The third-order valence-electron chi connectivity index (χ3n) is 4.01. The number of hydrogen-bond acceptors (Lipinski definition) is 4. The highest BCUT2D eigenvalue weighted by Crippen LogP contribution is 2.32. The quantitative estimate of drug-likeness (QED) is 0.520. The highest BCUT2D eigenvalue weighted by Gasteiger charge is 2.38. The minimum Gasteiger partial charge on any atom is -0.463 e. The van der Waals surface area contributed by atoms with Crippen LogP contribution in [0.15, 0.2) is 18.2 Å². The van der Waals surface area contributed by atoms with Gasteiger partial charge in [0.25, 0.3) is 5.78 Å². The maximum Gasteiger partial charge on any atom is 0.375 e. The molecule has 1 N–H and O–H groups in total. The molecule has 5 nitrogen and oxygen atoms in total. The fourth-order valence-corrected chi connectivity index (χ4v) is 2.92. The Morgan fingerprint density at radius 3 is 2.81 bits per heavy atom. The van der Waals surface area contributed by atoms with Crippen molar-refractivity contribution in [3.05, 3.63) is 35.0 Å². The topological polar surface area (TPSA) is 76.2 Å². The van der Waals surface area contributed by atoms with E-state index in [-0.39, 0.29) is 5.78 Å². The Labute approximate surface area is 121 Å². The van der Waals surface area contributed by atoms with Gasteiger partial charge in [-0.3, -0.25) is 9.59 Å². The van der Waals surface area contributed by atoms with E-state index in [4.69, 9.17) is 0 Å². The Bertz CT molecular complexity index is 772. The van der Waals surface area contributed by atoms with Crippen molar-refractivity contribution in [1.82, 2.24) is 4.98 Å². The molecule has 1 unspecified atom stereocenters. The average Bonchev–Trinajstić information content (AvgIpc) is 2.85. The second kappa shape index (κ2) is 4.84. The number of carbonyl (C=O) groups is 3. The Hall–Kier alpha value is -2.43. The van der Waals surface area contributed by atoms with E-state index in [9.17, 15) is 14.4 Å². The number of H-pyrrole nitrogens is 1. The number of fused-ring (bicyclic) bond motifs is 3. The number of aromatic amines is 1. The van der Waals surface area contributed by atoms with Crippen LogP contribution in [0.4, 0.5) is 0 Å². The van der Waals surface area contributed by atoms with Crippen LogP contribution in [0.25, 0.3) is 10.9 Å². The van der Waals surface area contributed by atoms with Crippen LogP contribution in [0.3, 0.4) is 0 Å². The lowest BCUT2D eigenvalue weighted by molar-refractivity contribution is -0.153. The number of carbonyl (C=O) groups excluding carboxylic acids is 3. The number of methoxy groups -OCH3 is 1. The van der Waals surface area contributed by atoms with Crippen molar-refractivity contribution in [3.8, 4) is 0 Å². The lowest BCUT2D eigenvalue weighted by Gasteiger charge is -2.18. The molecule has 1 atom stereocenters. The van der Waals surface area contributed by atoms with E-state index in [1.54, 1.807) is 0 Å². The van der Waals surface area contributed by atoms with Gasteiger partial charge in [0.1, 0.15) is 0 Å². The van der Waals surface area contributed by atoms with Crippen molar-refractivity contribution < 1.29 is 19.1 Å². The van der Waals surface area contributed by atoms with E-state index in [1.165, 1.54) is 0 Å². The van der Waals surface area contributed by atoms with Gasteiger partial charge in [0.05, 0.1) is 18.7 Å². The zero-order chi connectivity index (χ0) is 15.1. The molecule has 0 spiro atoms. The van der Waals surface area contributed by atoms with Crippen LogP contribution in [0.1, 0.15) is 28.0 Å². The molecule has 0 amide bonds. The molecule has 1 aliphatic rings. The van der Waals surface area contributed by atoms with Gasteiger partial charge < -0.3 is 9.72 Å². The summed E-state index contributed by atoms with van der Waals surface area (Å²) in [6.45, 7) is 1.99. The molecule has 2 aromatic rings. The summed E-state index contributed by atoms with van der Waals surface area (Å²) in [5.41, 5.74) is 3.38. The van der Waals surface area contributed by atoms with Crippen molar-refractivity contribution >= 4 is 28.4 Å². The molecule has 1 aromatic heterocycles. The van der Waals surface area contributed by atoms with Gasteiger partial charge in [0.15, 0.2) is 5.78 Å². The van der Waals surface area contributed by atoms with Gasteiger partial charge in [-0.15, -0.1) is 0 Å². The van der Waals surface area contributed by atoms with E-state index in [0.717, 1.165) is 29.1 Å². The van der Waals surface area contributed by atoms with E-state index < -0.39 is 17.7 Å². The van der Waals surface area contributed by atoms with Gasteiger partial charge in [0.2, 0.25) is 0 Å². The van der Waals surface area contributed by atoms with Crippen molar-refractivity contribution in [2.75, 3.05) is 7.11 Å². The monoisotopic (exact) mass is 285 g/mol. The van der Waals surface area contributed by atoms with Crippen LogP contribution in [-0.4, -0.2) is 29.6 Å². The molecule has 21 heavy (non-hydrogen) atoms. The fraction of sp³-hybridized carbons (Fsp3) is 0.312. The molecule has 0 saturated carbocycles. The number of ketones is 2. The minimum absolute atomic E-state index is 0.319. The van der Waals surface area contributed by atoms with E-state index >= 15 is 0 Å². The van der Waals surface area contributed by atoms with Gasteiger partial charge in [-0.2, -0.15) is 0 Å². The molecule has 1 heterocycles. The molecule has 3 rings (SSSR count). The number of benzene rings is 1. The number of nitrogens with one attached hydrogen (secondary N) is 1. The third kappa shape index (κ3) is 2.05. The normalized spacial score (nSPS) is 17.6. The van der Waals surface area contributed by atoms with Crippen LogP contribution < -0.4 is 0 Å². The second-order valence-electron chi connectivity index (χ2n) is 5.34. The number of ether oxygens (including phenoxy) is 1. The first-order valence-corrected chi connectivity index (χ1v) is 6.80. The van der Waals surface area contributed by atoms with Gasteiger partial charge in [0, 0.05) is 10.9 Å². The Kier molecular flexibility index (Phi) is 3.12.